The number of carboxylic acid groups (broad SMARTS) is 1. The maximum absolute atomic E-state index is 12.8. The molecule has 1 saturated heterocycles. The largest absolute Gasteiger partial charge is 0.508 e. The number of phenols is 1. The highest BCUT2D eigenvalue weighted by Crippen LogP contribution is 2.34. The molecule has 3 N–H and O–H groups in total. The van der Waals surface area contributed by atoms with Gasteiger partial charge in [-0.15, -0.1) is 0 Å². The average molecular weight is 411 g/mol. The number of phenolic OH excluding ortho intramolecular Hbond substituents is 1. The van der Waals surface area contributed by atoms with E-state index in [0.29, 0.717) is 0 Å². The molecule has 1 unspecified atom stereocenters. The first-order valence-electron chi connectivity index (χ1n) is 10.7. The van der Waals surface area contributed by atoms with Gasteiger partial charge in [0.25, 0.3) is 0 Å². The predicted octanol–water partition coefficient (Wildman–Crippen LogP) is 4.28. The first kappa shape index (κ1) is 21.7. The van der Waals surface area contributed by atoms with Crippen LogP contribution in [0, 0.1) is 0 Å². The second-order valence-electron chi connectivity index (χ2n) is 7.88. The Balaban J connectivity index is 1.77. The molecule has 160 valence electrons. The fraction of sp³-hybridized carbons (Fsp3) is 0.417. The highest BCUT2D eigenvalue weighted by atomic mass is 16.4. The fourth-order valence-corrected chi connectivity index (χ4v) is 4.03. The van der Waals surface area contributed by atoms with Gasteiger partial charge in [0.15, 0.2) is 0 Å². The molecule has 6 nitrogen and oxygen atoms in total. The van der Waals surface area contributed by atoms with Crippen molar-refractivity contribution in [2.24, 2.45) is 0 Å². The summed E-state index contributed by atoms with van der Waals surface area (Å²) >= 11 is 0. The van der Waals surface area contributed by atoms with Crippen molar-refractivity contribution in [3.05, 3.63) is 59.2 Å². The van der Waals surface area contributed by atoms with Crippen molar-refractivity contribution in [1.29, 1.82) is 0 Å². The lowest BCUT2D eigenvalue weighted by molar-refractivity contribution is -0.121. The van der Waals surface area contributed by atoms with Crippen LogP contribution >= 0.6 is 0 Å². The molecular weight excluding hydrogens is 380 g/mol. The highest BCUT2D eigenvalue weighted by molar-refractivity contribution is 5.87. The van der Waals surface area contributed by atoms with Crippen LogP contribution < -0.4 is 10.2 Å². The molecular formula is C24H30N2O4. The van der Waals surface area contributed by atoms with E-state index >= 15 is 0 Å². The smallest absolute Gasteiger partial charge is 0.335 e. The molecule has 1 amide bonds. The summed E-state index contributed by atoms with van der Waals surface area (Å²) in [6.45, 7) is 4.05. The van der Waals surface area contributed by atoms with Gasteiger partial charge >= 0.3 is 5.97 Å². The van der Waals surface area contributed by atoms with E-state index < -0.39 is 5.97 Å². The number of carbonyl (C=O) groups excluding carboxylic acids is 1. The van der Waals surface area contributed by atoms with Crippen molar-refractivity contribution in [1.82, 2.24) is 5.32 Å². The maximum Gasteiger partial charge on any atom is 0.335 e. The van der Waals surface area contributed by atoms with Crippen molar-refractivity contribution in [3.63, 3.8) is 0 Å². The zero-order chi connectivity index (χ0) is 21.5. The van der Waals surface area contributed by atoms with Gasteiger partial charge in [0.2, 0.25) is 5.91 Å². The number of hydrogen-bond acceptors (Lipinski definition) is 4. The van der Waals surface area contributed by atoms with E-state index in [4.69, 9.17) is 5.11 Å². The number of nitrogens with one attached hydrogen (secondary N) is 1. The van der Waals surface area contributed by atoms with Crippen molar-refractivity contribution in [3.8, 4) is 5.75 Å². The minimum atomic E-state index is -0.983. The molecule has 0 saturated carbocycles. The third-order valence-corrected chi connectivity index (χ3v) is 5.56. The summed E-state index contributed by atoms with van der Waals surface area (Å²) in [5, 5.41) is 22.3. The summed E-state index contributed by atoms with van der Waals surface area (Å²) in [5.74, 6) is -0.905. The second kappa shape index (κ2) is 10.1. The Bertz CT molecular complexity index is 873. The molecule has 6 heteroatoms. The Morgan fingerprint density at radius 3 is 2.40 bits per heavy atom. The van der Waals surface area contributed by atoms with E-state index in [1.54, 1.807) is 24.3 Å². The summed E-state index contributed by atoms with van der Waals surface area (Å²) in [5.41, 5.74) is 3.00. The molecule has 2 aromatic carbocycles. The third kappa shape index (κ3) is 5.53. The van der Waals surface area contributed by atoms with E-state index in [2.05, 4.69) is 17.1 Å². The molecule has 1 heterocycles. The minimum absolute atomic E-state index is 0.121. The SMILES string of the molecule is CCCC(NC(=O)Cc1ccc(C(=O)O)cc1)c1cc(O)ccc1N1CCCCC1. The first-order valence-corrected chi connectivity index (χ1v) is 10.7. The van der Waals surface area contributed by atoms with Gasteiger partial charge in [-0.05, 0) is 61.6 Å². The van der Waals surface area contributed by atoms with E-state index in [9.17, 15) is 14.7 Å². The molecule has 30 heavy (non-hydrogen) atoms. The maximum atomic E-state index is 12.8. The molecule has 0 bridgehead atoms. The average Bonchev–Trinajstić information content (AvgIpc) is 2.74. The lowest BCUT2D eigenvalue weighted by Gasteiger charge is -2.33. The van der Waals surface area contributed by atoms with E-state index in [-0.39, 0.29) is 29.7 Å². The monoisotopic (exact) mass is 410 g/mol. The molecule has 1 aliphatic rings. The van der Waals surface area contributed by atoms with Crippen LogP contribution in [0.3, 0.4) is 0 Å². The number of piperidine rings is 1. The standard InChI is InChI=1S/C24H30N2O4/c1-2-6-21(25-23(28)15-17-7-9-18(10-8-17)24(29)30)20-16-19(27)11-12-22(20)26-13-4-3-5-14-26/h7-12,16,21,27H,2-6,13-15H2,1H3,(H,25,28)(H,29,30). The van der Waals surface area contributed by atoms with Crippen molar-refractivity contribution in [2.75, 3.05) is 18.0 Å². The van der Waals surface area contributed by atoms with Crippen molar-refractivity contribution >= 4 is 17.6 Å². The molecule has 1 aliphatic heterocycles. The summed E-state index contributed by atoms with van der Waals surface area (Å²) in [7, 11) is 0. The Labute approximate surface area is 177 Å². The number of hydrogen-bond donors (Lipinski definition) is 3. The lowest BCUT2D eigenvalue weighted by atomic mass is 9.97. The first-order chi connectivity index (χ1) is 14.5. The fourth-order valence-electron chi connectivity index (χ4n) is 4.03. The van der Waals surface area contributed by atoms with Crippen LogP contribution in [-0.2, 0) is 11.2 Å². The third-order valence-electron chi connectivity index (χ3n) is 5.56. The van der Waals surface area contributed by atoms with Crippen LogP contribution in [0.4, 0.5) is 5.69 Å². The van der Waals surface area contributed by atoms with Crippen LogP contribution in [0.15, 0.2) is 42.5 Å². The Morgan fingerprint density at radius 1 is 1.07 bits per heavy atom. The molecule has 0 radical (unpaired) electrons. The van der Waals surface area contributed by atoms with Gasteiger partial charge < -0.3 is 20.4 Å². The van der Waals surface area contributed by atoms with E-state index in [1.165, 1.54) is 18.6 Å². The van der Waals surface area contributed by atoms with Gasteiger partial charge in [0.05, 0.1) is 18.0 Å². The molecule has 3 rings (SSSR count). The van der Waals surface area contributed by atoms with Crippen molar-refractivity contribution in [2.45, 2.75) is 51.5 Å². The van der Waals surface area contributed by atoms with Gasteiger partial charge in [-0.1, -0.05) is 25.5 Å². The Kier molecular flexibility index (Phi) is 7.33. The summed E-state index contributed by atoms with van der Waals surface area (Å²) < 4.78 is 0. The summed E-state index contributed by atoms with van der Waals surface area (Å²) in [6.07, 6.45) is 5.38. The number of anilines is 1. The zero-order valence-corrected chi connectivity index (χ0v) is 17.4. The predicted molar refractivity (Wildman–Crippen MR) is 117 cm³/mol. The van der Waals surface area contributed by atoms with E-state index in [1.807, 2.05) is 6.07 Å². The topological polar surface area (TPSA) is 89.9 Å². The van der Waals surface area contributed by atoms with Gasteiger partial charge in [0, 0.05) is 24.3 Å². The Morgan fingerprint density at radius 2 is 1.77 bits per heavy atom. The van der Waals surface area contributed by atoms with Gasteiger partial charge in [-0.3, -0.25) is 4.79 Å². The molecule has 1 fully saturated rings. The molecule has 0 aliphatic carbocycles. The Hall–Kier alpha value is -3.02. The normalized spacial score (nSPS) is 14.9. The quantitative estimate of drug-likeness (QED) is 0.604. The number of amides is 1. The zero-order valence-electron chi connectivity index (χ0n) is 17.4. The second-order valence-corrected chi connectivity index (χ2v) is 7.88. The minimum Gasteiger partial charge on any atom is -0.508 e. The number of benzene rings is 2. The van der Waals surface area contributed by atoms with Gasteiger partial charge in [-0.25, -0.2) is 4.79 Å². The van der Waals surface area contributed by atoms with Crippen molar-refractivity contribution < 1.29 is 19.8 Å². The molecule has 2 aromatic rings. The number of carbonyl (C=O) groups is 2. The number of aromatic carboxylic acids is 1. The number of carboxylic acids is 1. The lowest BCUT2D eigenvalue weighted by Crippen LogP contribution is -2.34. The molecule has 0 spiro atoms. The number of aromatic hydroxyl groups is 1. The molecule has 0 aromatic heterocycles. The van der Waals surface area contributed by atoms with Crippen LogP contribution in [-0.4, -0.2) is 35.2 Å². The molecule has 1 atom stereocenters. The van der Waals surface area contributed by atoms with Crippen LogP contribution in [0.2, 0.25) is 0 Å². The van der Waals surface area contributed by atoms with Crippen LogP contribution in [0.25, 0.3) is 0 Å². The van der Waals surface area contributed by atoms with E-state index in [0.717, 1.165) is 55.6 Å². The van der Waals surface area contributed by atoms with Gasteiger partial charge in [-0.2, -0.15) is 0 Å². The van der Waals surface area contributed by atoms with Crippen LogP contribution in [0.5, 0.6) is 5.75 Å². The summed E-state index contributed by atoms with van der Waals surface area (Å²) in [6, 6.07) is 11.6. The summed E-state index contributed by atoms with van der Waals surface area (Å²) in [4.78, 5) is 26.1. The van der Waals surface area contributed by atoms with Gasteiger partial charge in [0.1, 0.15) is 5.75 Å². The number of nitrogens with zero attached hydrogens (tertiary/aromatic N) is 1. The number of rotatable bonds is 8. The highest BCUT2D eigenvalue weighted by Gasteiger charge is 2.22. The van der Waals surface area contributed by atoms with Crippen LogP contribution in [0.1, 0.15) is 66.6 Å².